The zero-order chi connectivity index (χ0) is 30.4. The number of guanidine groups is 1. The summed E-state index contributed by atoms with van der Waals surface area (Å²) >= 11 is 0. The lowest BCUT2D eigenvalue weighted by Crippen LogP contribution is -2.59. The van der Waals surface area contributed by atoms with Gasteiger partial charge in [-0.25, -0.2) is 0 Å². The lowest BCUT2D eigenvalue weighted by atomic mass is 10.0. The van der Waals surface area contributed by atoms with Crippen molar-refractivity contribution < 1.29 is 24.3 Å². The molecule has 0 aromatic heterocycles. The summed E-state index contributed by atoms with van der Waals surface area (Å²) < 4.78 is 0. The number of rotatable bonds is 16. The molecule has 13 nitrogen and oxygen atoms in total. The Bertz CT molecular complexity index is 1170. The largest absolute Gasteiger partial charge is 0.391 e. The van der Waals surface area contributed by atoms with Crippen LogP contribution in [0.4, 0.5) is 0 Å². The number of carbonyl (C=O) groups excluding carboxylic acids is 4. The number of nitrogens with one attached hydrogen (secondary N) is 3. The minimum atomic E-state index is -1.28. The minimum absolute atomic E-state index is 0.0943. The Kier molecular flexibility index (Phi) is 13.2. The van der Waals surface area contributed by atoms with Crippen LogP contribution in [0.5, 0.6) is 0 Å². The number of aliphatic hydroxyl groups excluding tert-OH is 1. The number of amides is 4. The van der Waals surface area contributed by atoms with Gasteiger partial charge in [-0.2, -0.15) is 0 Å². The van der Waals surface area contributed by atoms with Gasteiger partial charge in [-0.15, -0.1) is 0 Å². The second-order valence-corrected chi connectivity index (χ2v) is 9.68. The van der Waals surface area contributed by atoms with E-state index in [2.05, 4.69) is 20.9 Å². The van der Waals surface area contributed by atoms with Crippen LogP contribution in [0, 0.1) is 0 Å². The van der Waals surface area contributed by atoms with Crippen molar-refractivity contribution in [2.45, 2.75) is 62.9 Å². The topological polar surface area (TPSA) is 241 Å². The fourth-order valence-corrected chi connectivity index (χ4v) is 3.94. The fourth-order valence-electron chi connectivity index (χ4n) is 3.94. The van der Waals surface area contributed by atoms with Crippen molar-refractivity contribution in [3.05, 3.63) is 71.8 Å². The Morgan fingerprint density at radius 2 is 1.22 bits per heavy atom. The van der Waals surface area contributed by atoms with Crippen molar-refractivity contribution in [3.8, 4) is 0 Å². The van der Waals surface area contributed by atoms with E-state index in [0.717, 1.165) is 11.1 Å². The number of nitrogens with two attached hydrogens (primary N) is 4. The highest BCUT2D eigenvalue weighted by molar-refractivity contribution is 5.94. The standard InChI is InChI=1S/C28H40N8O5/c1-17(37)23(29)27(41)34-20(13-8-14-33-28(31)32)25(39)36-22(16-19-11-6-3-7-12-19)26(40)35-21(24(30)38)15-18-9-4-2-5-10-18/h2-7,9-12,17,20-23,37H,8,13-16,29H2,1H3,(H2,30,38)(H,34,41)(H,35,40)(H,36,39)(H4,31,32,33)/t17-,20+,21+,22+,23+/m1/s1. The molecule has 0 aliphatic heterocycles. The molecular weight excluding hydrogens is 528 g/mol. The molecule has 0 unspecified atom stereocenters. The first-order chi connectivity index (χ1) is 19.5. The van der Waals surface area contributed by atoms with Gasteiger partial charge < -0.3 is 44.0 Å². The molecule has 0 fully saturated rings. The Labute approximate surface area is 239 Å². The molecule has 0 saturated heterocycles. The van der Waals surface area contributed by atoms with E-state index in [1.807, 2.05) is 12.1 Å². The minimum Gasteiger partial charge on any atom is -0.391 e. The van der Waals surface area contributed by atoms with Crippen LogP contribution in [0.1, 0.15) is 30.9 Å². The molecule has 5 atom stereocenters. The van der Waals surface area contributed by atoms with E-state index < -0.39 is 53.9 Å². The summed E-state index contributed by atoms with van der Waals surface area (Å²) in [5.41, 5.74) is 23.6. The molecule has 13 heteroatoms. The third-order valence-corrected chi connectivity index (χ3v) is 6.26. The third kappa shape index (κ3) is 11.6. The number of carbonyl (C=O) groups is 4. The number of aliphatic hydroxyl groups is 1. The predicted octanol–water partition coefficient (Wildman–Crippen LogP) is -1.83. The summed E-state index contributed by atoms with van der Waals surface area (Å²) in [7, 11) is 0. The van der Waals surface area contributed by atoms with Crippen LogP contribution in [0.25, 0.3) is 0 Å². The van der Waals surface area contributed by atoms with Crippen LogP contribution in [0.15, 0.2) is 65.7 Å². The molecule has 0 aliphatic carbocycles. The van der Waals surface area contributed by atoms with E-state index in [9.17, 15) is 24.3 Å². The maximum Gasteiger partial charge on any atom is 0.243 e. The van der Waals surface area contributed by atoms with Crippen LogP contribution in [-0.4, -0.2) is 71.5 Å². The molecule has 0 radical (unpaired) electrons. The molecule has 0 aliphatic rings. The van der Waals surface area contributed by atoms with E-state index >= 15 is 0 Å². The fraction of sp³-hybridized carbons (Fsp3) is 0.393. The Morgan fingerprint density at radius 3 is 1.71 bits per heavy atom. The van der Waals surface area contributed by atoms with Crippen LogP contribution in [0.2, 0.25) is 0 Å². The van der Waals surface area contributed by atoms with Gasteiger partial charge in [-0.1, -0.05) is 60.7 Å². The van der Waals surface area contributed by atoms with Gasteiger partial charge in [0.05, 0.1) is 6.10 Å². The number of benzene rings is 2. The van der Waals surface area contributed by atoms with Crippen molar-refractivity contribution in [2.24, 2.45) is 27.9 Å². The van der Waals surface area contributed by atoms with Gasteiger partial charge >= 0.3 is 0 Å². The van der Waals surface area contributed by atoms with Crippen LogP contribution < -0.4 is 38.9 Å². The van der Waals surface area contributed by atoms with Gasteiger partial charge in [0.2, 0.25) is 23.6 Å². The van der Waals surface area contributed by atoms with Gasteiger partial charge in [0.1, 0.15) is 24.2 Å². The number of aliphatic imine (C=N–C) groups is 1. The normalized spacial score (nSPS) is 14.4. The quantitative estimate of drug-likeness (QED) is 0.0649. The van der Waals surface area contributed by atoms with Crippen molar-refractivity contribution in [1.82, 2.24) is 16.0 Å². The van der Waals surface area contributed by atoms with Crippen LogP contribution in [-0.2, 0) is 32.0 Å². The van der Waals surface area contributed by atoms with Crippen molar-refractivity contribution in [1.29, 1.82) is 0 Å². The van der Waals surface area contributed by atoms with Gasteiger partial charge in [-0.3, -0.25) is 24.2 Å². The van der Waals surface area contributed by atoms with E-state index in [1.54, 1.807) is 48.5 Å². The Morgan fingerprint density at radius 1 is 0.756 bits per heavy atom. The lowest BCUT2D eigenvalue weighted by Gasteiger charge is -2.26. The summed E-state index contributed by atoms with van der Waals surface area (Å²) in [4.78, 5) is 55.5. The van der Waals surface area contributed by atoms with E-state index in [4.69, 9.17) is 22.9 Å². The second kappa shape index (κ2) is 16.6. The number of hydrogen-bond donors (Lipinski definition) is 8. The van der Waals surface area contributed by atoms with Crippen molar-refractivity contribution >= 4 is 29.6 Å². The summed E-state index contributed by atoms with van der Waals surface area (Å²) in [5.74, 6) is -2.90. The highest BCUT2D eigenvalue weighted by Crippen LogP contribution is 2.08. The van der Waals surface area contributed by atoms with Gasteiger partial charge in [-0.05, 0) is 30.9 Å². The summed E-state index contributed by atoms with van der Waals surface area (Å²) in [6.07, 6.45) is -0.479. The predicted molar refractivity (Wildman–Crippen MR) is 155 cm³/mol. The molecular formula is C28H40N8O5. The summed E-state index contributed by atoms with van der Waals surface area (Å²) in [6.45, 7) is 1.54. The molecule has 2 rings (SSSR count). The number of primary amides is 1. The number of hydrogen-bond acceptors (Lipinski definition) is 7. The maximum absolute atomic E-state index is 13.4. The first kappa shape index (κ1) is 32.7. The highest BCUT2D eigenvalue weighted by atomic mass is 16.3. The first-order valence-corrected chi connectivity index (χ1v) is 13.2. The summed E-state index contributed by atoms with van der Waals surface area (Å²) in [6, 6.07) is 13.5. The smallest absolute Gasteiger partial charge is 0.243 e. The zero-order valence-corrected chi connectivity index (χ0v) is 23.0. The van der Waals surface area contributed by atoms with Gasteiger partial charge in [0.25, 0.3) is 0 Å². The summed E-state index contributed by atoms with van der Waals surface area (Å²) in [5, 5.41) is 17.6. The first-order valence-electron chi connectivity index (χ1n) is 13.2. The molecule has 4 amide bonds. The Hall–Kier alpha value is -4.49. The van der Waals surface area contributed by atoms with Crippen LogP contribution in [0.3, 0.4) is 0 Å². The van der Waals surface area contributed by atoms with Gasteiger partial charge in [0.15, 0.2) is 5.96 Å². The molecule has 0 heterocycles. The zero-order valence-electron chi connectivity index (χ0n) is 23.0. The van der Waals surface area contributed by atoms with E-state index in [0.29, 0.717) is 6.42 Å². The number of nitrogens with zero attached hydrogens (tertiary/aromatic N) is 1. The van der Waals surface area contributed by atoms with Crippen LogP contribution >= 0.6 is 0 Å². The monoisotopic (exact) mass is 568 g/mol. The SMILES string of the molecule is C[C@@H](O)[C@H](N)C(=O)N[C@@H](CCCN=C(N)N)C(=O)N[C@@H](Cc1ccccc1)C(=O)N[C@@H](Cc1ccccc1)C(N)=O. The molecule has 0 bridgehead atoms. The van der Waals surface area contributed by atoms with E-state index in [1.165, 1.54) is 6.92 Å². The third-order valence-electron chi connectivity index (χ3n) is 6.26. The molecule has 0 saturated carbocycles. The molecule has 2 aromatic carbocycles. The molecule has 41 heavy (non-hydrogen) atoms. The molecule has 0 spiro atoms. The average Bonchev–Trinajstić information content (AvgIpc) is 2.94. The van der Waals surface area contributed by atoms with Crippen molar-refractivity contribution in [2.75, 3.05) is 6.54 Å². The molecule has 12 N–H and O–H groups in total. The average molecular weight is 569 g/mol. The van der Waals surface area contributed by atoms with Gasteiger partial charge in [0, 0.05) is 19.4 Å². The second-order valence-electron chi connectivity index (χ2n) is 9.68. The van der Waals surface area contributed by atoms with E-state index in [-0.39, 0.29) is 31.8 Å². The molecule has 2 aromatic rings. The lowest BCUT2D eigenvalue weighted by molar-refractivity contribution is -0.134. The Balaban J connectivity index is 2.26. The van der Waals surface area contributed by atoms with Crippen molar-refractivity contribution in [3.63, 3.8) is 0 Å². The maximum atomic E-state index is 13.4. The highest BCUT2D eigenvalue weighted by Gasteiger charge is 2.30. The molecule has 222 valence electrons.